The lowest BCUT2D eigenvalue weighted by Crippen LogP contribution is -2.55. The van der Waals surface area contributed by atoms with Crippen molar-refractivity contribution < 1.29 is 23.9 Å². The summed E-state index contributed by atoms with van der Waals surface area (Å²) in [4.78, 5) is 39.2. The van der Waals surface area contributed by atoms with Crippen LogP contribution >= 0.6 is 0 Å². The number of nitrogens with zero attached hydrogens (tertiary/aromatic N) is 1. The summed E-state index contributed by atoms with van der Waals surface area (Å²) in [6, 6.07) is 5.51. The molecule has 1 saturated heterocycles. The van der Waals surface area contributed by atoms with Gasteiger partial charge in [0.25, 0.3) is 11.8 Å². The molecule has 1 aromatic carbocycles. The molecule has 0 radical (unpaired) electrons. The van der Waals surface area contributed by atoms with Crippen molar-refractivity contribution >= 4 is 17.7 Å². The lowest BCUT2D eigenvalue weighted by Gasteiger charge is -2.27. The molecule has 0 spiro atoms. The maximum absolute atomic E-state index is 13.0. The number of nitrogens with one attached hydrogen (secondary N) is 2. The number of carbonyl (C=O) groups is 3. The molecule has 1 fully saturated rings. The van der Waals surface area contributed by atoms with Crippen LogP contribution in [0.15, 0.2) is 24.3 Å². The number of ether oxygens (including phenoxy) is 2. The zero-order valence-corrected chi connectivity index (χ0v) is 17.3. The van der Waals surface area contributed by atoms with Crippen molar-refractivity contribution in [3.8, 4) is 0 Å². The molecule has 2 atom stereocenters. The maximum Gasteiger partial charge on any atom is 0.256 e. The Morgan fingerprint density at radius 1 is 1.14 bits per heavy atom. The minimum absolute atomic E-state index is 0.143. The van der Waals surface area contributed by atoms with Gasteiger partial charge in [-0.05, 0) is 30.9 Å². The van der Waals surface area contributed by atoms with Crippen molar-refractivity contribution in [1.29, 1.82) is 0 Å². The third kappa shape index (κ3) is 5.31. The molecular weight excluding hydrogens is 376 g/mol. The summed E-state index contributed by atoms with van der Waals surface area (Å²) in [5.74, 6) is 4.02. The minimum Gasteiger partial charge on any atom is -0.352 e. The molecule has 9 nitrogen and oxygen atoms in total. The Balaban J connectivity index is 2.12. The molecule has 0 aromatic heterocycles. The van der Waals surface area contributed by atoms with Gasteiger partial charge in [0, 0.05) is 31.9 Å². The van der Waals surface area contributed by atoms with Gasteiger partial charge in [-0.1, -0.05) is 26.0 Å². The van der Waals surface area contributed by atoms with Gasteiger partial charge in [-0.2, -0.15) is 0 Å². The van der Waals surface area contributed by atoms with Gasteiger partial charge in [-0.25, -0.2) is 5.84 Å². The molecule has 1 aliphatic heterocycles. The predicted molar refractivity (Wildman–Crippen MR) is 106 cm³/mol. The molecule has 0 saturated carbocycles. The van der Waals surface area contributed by atoms with Crippen LogP contribution in [0.4, 0.5) is 0 Å². The van der Waals surface area contributed by atoms with Crippen molar-refractivity contribution in [1.82, 2.24) is 15.6 Å². The quantitative estimate of drug-likeness (QED) is 0.253. The second-order valence-electron chi connectivity index (χ2n) is 7.32. The highest BCUT2D eigenvalue weighted by atomic mass is 16.7. The highest BCUT2D eigenvalue weighted by Gasteiger charge is 2.36. The monoisotopic (exact) mass is 406 g/mol. The SMILES string of the molecule is COC(OC)c1ccc(C(=O)N2CCC[C@H]2C(=O)N[C@H](C(=O)NN)C(C)C)cc1. The number of benzene rings is 1. The first-order valence-corrected chi connectivity index (χ1v) is 9.61. The van der Waals surface area contributed by atoms with Crippen molar-refractivity contribution in [3.05, 3.63) is 35.4 Å². The zero-order valence-electron chi connectivity index (χ0n) is 17.3. The molecule has 1 heterocycles. The number of hydrazine groups is 1. The standard InChI is InChI=1S/C20H30N4O5/c1-12(2)16(18(26)23-21)22-17(25)15-6-5-11-24(15)19(27)13-7-9-14(10-8-13)20(28-3)29-4/h7-10,12,15-16,20H,5-6,11,21H2,1-4H3,(H,22,25)(H,23,26)/t15-,16-/m0/s1. The molecule has 0 bridgehead atoms. The van der Waals surface area contributed by atoms with Gasteiger partial charge in [0.1, 0.15) is 12.1 Å². The van der Waals surface area contributed by atoms with Gasteiger partial charge in [0.2, 0.25) is 5.91 Å². The van der Waals surface area contributed by atoms with Crippen molar-refractivity contribution in [2.75, 3.05) is 20.8 Å². The Hall–Kier alpha value is -2.49. The van der Waals surface area contributed by atoms with Gasteiger partial charge in [-0.15, -0.1) is 0 Å². The molecule has 1 aromatic rings. The zero-order chi connectivity index (χ0) is 21.6. The fourth-order valence-electron chi connectivity index (χ4n) is 3.47. The molecule has 0 aliphatic carbocycles. The molecule has 9 heteroatoms. The second-order valence-corrected chi connectivity index (χ2v) is 7.32. The van der Waals surface area contributed by atoms with Crippen molar-refractivity contribution in [3.63, 3.8) is 0 Å². The van der Waals surface area contributed by atoms with Crippen LogP contribution in [0.25, 0.3) is 0 Å². The number of hydrogen-bond acceptors (Lipinski definition) is 6. The molecular formula is C20H30N4O5. The van der Waals surface area contributed by atoms with Crippen molar-refractivity contribution in [2.24, 2.45) is 11.8 Å². The highest BCUT2D eigenvalue weighted by Crippen LogP contribution is 2.23. The Bertz CT molecular complexity index is 718. The minimum atomic E-state index is -0.760. The fraction of sp³-hybridized carbons (Fsp3) is 0.550. The first kappa shape index (κ1) is 22.8. The molecule has 29 heavy (non-hydrogen) atoms. The first-order chi connectivity index (χ1) is 13.8. The lowest BCUT2D eigenvalue weighted by atomic mass is 10.0. The van der Waals surface area contributed by atoms with Crippen LogP contribution in [0.1, 0.15) is 48.9 Å². The fourth-order valence-corrected chi connectivity index (χ4v) is 3.47. The molecule has 3 amide bonds. The summed E-state index contributed by atoms with van der Waals surface area (Å²) in [7, 11) is 3.08. The largest absolute Gasteiger partial charge is 0.352 e. The Labute approximate surface area is 170 Å². The van der Waals surface area contributed by atoms with E-state index in [-0.39, 0.29) is 17.7 Å². The average Bonchev–Trinajstić information content (AvgIpc) is 3.22. The third-order valence-electron chi connectivity index (χ3n) is 5.06. The summed E-state index contributed by atoms with van der Waals surface area (Å²) in [5.41, 5.74) is 3.33. The molecule has 160 valence electrons. The van der Waals surface area contributed by atoms with Crippen LogP contribution in [-0.4, -0.2) is 55.5 Å². The normalized spacial score (nSPS) is 17.5. The molecule has 4 N–H and O–H groups in total. The Morgan fingerprint density at radius 2 is 1.76 bits per heavy atom. The van der Waals surface area contributed by atoms with Gasteiger partial charge in [0.15, 0.2) is 6.29 Å². The summed E-state index contributed by atoms with van der Waals surface area (Å²) in [6.07, 6.45) is 0.749. The number of likely N-dealkylation sites (tertiary alicyclic amines) is 1. The number of rotatable bonds is 8. The van der Waals surface area contributed by atoms with E-state index >= 15 is 0 Å². The van der Waals surface area contributed by atoms with E-state index in [1.54, 1.807) is 29.2 Å². The van der Waals surface area contributed by atoms with E-state index in [0.717, 1.165) is 5.56 Å². The third-order valence-corrected chi connectivity index (χ3v) is 5.06. The Morgan fingerprint density at radius 3 is 2.28 bits per heavy atom. The van der Waals surface area contributed by atoms with Crippen LogP contribution in [-0.2, 0) is 19.1 Å². The van der Waals surface area contributed by atoms with Crippen molar-refractivity contribution in [2.45, 2.75) is 45.1 Å². The van der Waals surface area contributed by atoms with E-state index < -0.39 is 24.3 Å². The van der Waals surface area contributed by atoms with Gasteiger partial charge >= 0.3 is 0 Å². The van der Waals surface area contributed by atoms with Gasteiger partial charge in [-0.3, -0.25) is 19.8 Å². The van der Waals surface area contributed by atoms with Crippen LogP contribution in [0, 0.1) is 5.92 Å². The number of carbonyl (C=O) groups excluding carboxylic acids is 3. The van der Waals surface area contributed by atoms with Crippen LogP contribution in [0.5, 0.6) is 0 Å². The lowest BCUT2D eigenvalue weighted by molar-refractivity contribution is -0.132. The number of amides is 3. The van der Waals surface area contributed by atoms with E-state index in [0.29, 0.717) is 24.9 Å². The van der Waals surface area contributed by atoms with Gasteiger partial charge < -0.3 is 19.7 Å². The summed E-state index contributed by atoms with van der Waals surface area (Å²) < 4.78 is 10.4. The molecule has 0 unspecified atom stereocenters. The maximum atomic E-state index is 13.0. The van der Waals surface area contributed by atoms with Gasteiger partial charge in [0.05, 0.1) is 0 Å². The van der Waals surface area contributed by atoms with E-state index in [2.05, 4.69) is 10.7 Å². The predicted octanol–water partition coefficient (Wildman–Crippen LogP) is 0.713. The van der Waals surface area contributed by atoms with Crippen LogP contribution in [0.3, 0.4) is 0 Å². The summed E-state index contributed by atoms with van der Waals surface area (Å²) >= 11 is 0. The van der Waals surface area contributed by atoms with E-state index in [9.17, 15) is 14.4 Å². The molecule has 1 aliphatic rings. The van der Waals surface area contributed by atoms with E-state index in [1.165, 1.54) is 14.2 Å². The smallest absolute Gasteiger partial charge is 0.256 e. The van der Waals surface area contributed by atoms with Crippen LogP contribution in [0.2, 0.25) is 0 Å². The summed E-state index contributed by atoms with van der Waals surface area (Å²) in [5, 5.41) is 2.73. The Kier molecular flexibility index (Phi) is 8.12. The topological polar surface area (TPSA) is 123 Å². The van der Waals surface area contributed by atoms with E-state index in [1.807, 2.05) is 13.8 Å². The first-order valence-electron chi connectivity index (χ1n) is 9.61. The molecule has 2 rings (SSSR count). The number of methoxy groups -OCH3 is 2. The second kappa shape index (κ2) is 10.3. The number of hydrogen-bond donors (Lipinski definition) is 3. The number of nitrogens with two attached hydrogens (primary N) is 1. The van der Waals surface area contributed by atoms with E-state index in [4.69, 9.17) is 15.3 Å². The van der Waals surface area contributed by atoms with Crippen LogP contribution < -0.4 is 16.6 Å². The average molecular weight is 406 g/mol. The summed E-state index contributed by atoms with van der Waals surface area (Å²) in [6.45, 7) is 4.10. The highest BCUT2D eigenvalue weighted by molar-refractivity contribution is 5.98.